The van der Waals surface area contributed by atoms with Crippen molar-refractivity contribution < 1.29 is 9.53 Å². The Hall–Kier alpha value is -1.31. The first-order valence-electron chi connectivity index (χ1n) is 4.88. The molecule has 1 atom stereocenters. The summed E-state index contributed by atoms with van der Waals surface area (Å²) < 4.78 is 5.60. The van der Waals surface area contributed by atoms with E-state index in [-0.39, 0.29) is 11.7 Å². The van der Waals surface area contributed by atoms with Crippen LogP contribution in [0.15, 0.2) is 12.1 Å². The molecule has 1 aromatic carbocycles. The van der Waals surface area contributed by atoms with Crippen LogP contribution in [0.3, 0.4) is 0 Å². The first-order chi connectivity index (χ1) is 6.61. The number of aryl methyl sites for hydroxylation is 2. The molecule has 74 valence electrons. The van der Waals surface area contributed by atoms with Gasteiger partial charge in [-0.05, 0) is 25.0 Å². The van der Waals surface area contributed by atoms with Crippen LogP contribution < -0.4 is 4.74 Å². The van der Waals surface area contributed by atoms with E-state index < -0.39 is 0 Å². The van der Waals surface area contributed by atoms with E-state index in [1.807, 2.05) is 32.9 Å². The minimum Gasteiger partial charge on any atom is -0.492 e. The Bertz CT molecular complexity index is 394. The quantitative estimate of drug-likeness (QED) is 0.628. The van der Waals surface area contributed by atoms with Crippen LogP contribution in [0.1, 0.15) is 28.4 Å². The van der Waals surface area contributed by atoms with Crippen molar-refractivity contribution in [2.24, 2.45) is 5.92 Å². The van der Waals surface area contributed by atoms with E-state index in [4.69, 9.17) is 4.74 Å². The molecular formula is C12H14O2. The second-order valence-electron chi connectivity index (χ2n) is 3.98. The largest absolute Gasteiger partial charge is 0.492 e. The maximum atomic E-state index is 11.9. The van der Waals surface area contributed by atoms with Crippen molar-refractivity contribution in [3.8, 4) is 5.75 Å². The lowest BCUT2D eigenvalue weighted by Gasteiger charge is -2.24. The van der Waals surface area contributed by atoms with Crippen molar-refractivity contribution in [2.45, 2.75) is 20.8 Å². The maximum absolute atomic E-state index is 11.9. The van der Waals surface area contributed by atoms with Gasteiger partial charge >= 0.3 is 0 Å². The minimum atomic E-state index is -0.0111. The zero-order valence-corrected chi connectivity index (χ0v) is 8.76. The van der Waals surface area contributed by atoms with Gasteiger partial charge in [-0.2, -0.15) is 0 Å². The second kappa shape index (κ2) is 3.12. The molecule has 1 aromatic rings. The van der Waals surface area contributed by atoms with Crippen LogP contribution in [-0.2, 0) is 0 Å². The van der Waals surface area contributed by atoms with Crippen LogP contribution in [0.25, 0.3) is 0 Å². The van der Waals surface area contributed by atoms with E-state index in [0.29, 0.717) is 6.61 Å². The smallest absolute Gasteiger partial charge is 0.173 e. The molecule has 0 aromatic heterocycles. The van der Waals surface area contributed by atoms with Crippen molar-refractivity contribution in [1.82, 2.24) is 0 Å². The van der Waals surface area contributed by atoms with Crippen LogP contribution in [0, 0.1) is 19.8 Å². The number of Topliss-reactive ketones (excluding diaryl/α,β-unsaturated/α-hetero) is 1. The monoisotopic (exact) mass is 190 g/mol. The second-order valence-corrected chi connectivity index (χ2v) is 3.98. The number of rotatable bonds is 0. The first kappa shape index (κ1) is 9.25. The van der Waals surface area contributed by atoms with Gasteiger partial charge in [0.05, 0.1) is 18.1 Å². The number of ketones is 1. The summed E-state index contributed by atoms with van der Waals surface area (Å²) in [7, 11) is 0. The molecule has 1 heterocycles. The fourth-order valence-corrected chi connectivity index (χ4v) is 1.81. The van der Waals surface area contributed by atoms with Gasteiger partial charge in [0.2, 0.25) is 0 Å². The highest BCUT2D eigenvalue weighted by Gasteiger charge is 2.27. The van der Waals surface area contributed by atoms with Crippen molar-refractivity contribution in [1.29, 1.82) is 0 Å². The lowest BCUT2D eigenvalue weighted by molar-refractivity contribution is 0.0847. The molecule has 0 aliphatic carbocycles. The fraction of sp³-hybridized carbons (Fsp3) is 0.417. The van der Waals surface area contributed by atoms with E-state index in [1.165, 1.54) is 0 Å². The summed E-state index contributed by atoms with van der Waals surface area (Å²) in [6.45, 7) is 6.35. The highest BCUT2D eigenvalue weighted by atomic mass is 16.5. The van der Waals surface area contributed by atoms with Gasteiger partial charge in [0, 0.05) is 0 Å². The fourth-order valence-electron chi connectivity index (χ4n) is 1.81. The van der Waals surface area contributed by atoms with E-state index in [0.717, 1.165) is 22.4 Å². The zero-order chi connectivity index (χ0) is 10.3. The maximum Gasteiger partial charge on any atom is 0.173 e. The summed E-state index contributed by atoms with van der Waals surface area (Å²) in [5, 5.41) is 0. The average molecular weight is 190 g/mol. The van der Waals surface area contributed by atoms with Crippen LogP contribution >= 0.6 is 0 Å². The molecular weight excluding hydrogens is 176 g/mol. The normalized spacial score (nSPS) is 20.2. The number of hydrogen-bond acceptors (Lipinski definition) is 2. The van der Waals surface area contributed by atoms with Gasteiger partial charge < -0.3 is 4.74 Å². The number of hydrogen-bond donors (Lipinski definition) is 0. The SMILES string of the molecule is Cc1ccc(C)c2c1OCC(C)C2=O. The Labute approximate surface area is 83.9 Å². The number of carbonyl (C=O) groups excluding carboxylic acids is 1. The summed E-state index contributed by atoms with van der Waals surface area (Å²) >= 11 is 0. The Morgan fingerprint density at radius 1 is 1.29 bits per heavy atom. The number of carbonyl (C=O) groups is 1. The molecule has 2 rings (SSSR count). The third-order valence-electron chi connectivity index (χ3n) is 2.73. The zero-order valence-electron chi connectivity index (χ0n) is 8.76. The summed E-state index contributed by atoms with van der Waals surface area (Å²) in [4.78, 5) is 11.9. The van der Waals surface area contributed by atoms with Gasteiger partial charge in [-0.1, -0.05) is 19.1 Å². The molecule has 0 saturated heterocycles. The molecule has 2 heteroatoms. The van der Waals surface area contributed by atoms with Crippen molar-refractivity contribution in [3.63, 3.8) is 0 Å². The van der Waals surface area contributed by atoms with Crippen molar-refractivity contribution in [3.05, 3.63) is 28.8 Å². The van der Waals surface area contributed by atoms with Gasteiger partial charge in [0.15, 0.2) is 5.78 Å². The molecule has 2 nitrogen and oxygen atoms in total. The van der Waals surface area contributed by atoms with E-state index >= 15 is 0 Å². The molecule has 0 amide bonds. The van der Waals surface area contributed by atoms with Crippen LogP contribution in [0.5, 0.6) is 5.75 Å². The lowest BCUT2D eigenvalue weighted by atomic mass is 9.91. The predicted molar refractivity (Wildman–Crippen MR) is 54.9 cm³/mol. The third kappa shape index (κ3) is 1.22. The molecule has 1 aliphatic heterocycles. The third-order valence-corrected chi connectivity index (χ3v) is 2.73. The molecule has 1 unspecified atom stereocenters. The highest BCUT2D eigenvalue weighted by Crippen LogP contribution is 2.32. The van der Waals surface area contributed by atoms with Crippen LogP contribution in [-0.4, -0.2) is 12.4 Å². The number of fused-ring (bicyclic) bond motifs is 1. The number of benzene rings is 1. The average Bonchev–Trinajstić information content (AvgIpc) is 2.16. The lowest BCUT2D eigenvalue weighted by Crippen LogP contribution is -2.26. The van der Waals surface area contributed by atoms with Crippen molar-refractivity contribution in [2.75, 3.05) is 6.61 Å². The summed E-state index contributed by atoms with van der Waals surface area (Å²) in [5.74, 6) is 0.989. The molecule has 0 saturated carbocycles. The minimum absolute atomic E-state index is 0.0111. The molecule has 0 radical (unpaired) electrons. The van der Waals surface area contributed by atoms with Crippen LogP contribution in [0.2, 0.25) is 0 Å². The van der Waals surface area contributed by atoms with E-state index in [9.17, 15) is 4.79 Å². The van der Waals surface area contributed by atoms with E-state index in [2.05, 4.69) is 0 Å². The first-order valence-corrected chi connectivity index (χ1v) is 4.88. The molecule has 14 heavy (non-hydrogen) atoms. The molecule has 0 N–H and O–H groups in total. The molecule has 0 spiro atoms. The standard InChI is InChI=1S/C12H14O2/c1-7-4-5-8(2)12-10(7)11(13)9(3)6-14-12/h4-5,9H,6H2,1-3H3. The number of ether oxygens (including phenoxy) is 1. The van der Waals surface area contributed by atoms with Gasteiger partial charge in [0.1, 0.15) is 5.75 Å². The summed E-state index contributed by atoms with van der Waals surface area (Å²) in [6, 6.07) is 3.98. The molecule has 0 bridgehead atoms. The van der Waals surface area contributed by atoms with Gasteiger partial charge in [-0.25, -0.2) is 0 Å². The Morgan fingerprint density at radius 3 is 2.64 bits per heavy atom. The van der Waals surface area contributed by atoms with Gasteiger partial charge in [-0.15, -0.1) is 0 Å². The Balaban J connectivity index is 2.64. The van der Waals surface area contributed by atoms with Crippen LogP contribution in [0.4, 0.5) is 0 Å². The summed E-state index contributed by atoms with van der Waals surface area (Å²) in [6.07, 6.45) is 0. The Kier molecular flexibility index (Phi) is 2.06. The van der Waals surface area contributed by atoms with Gasteiger partial charge in [-0.3, -0.25) is 4.79 Å². The predicted octanol–water partition coefficient (Wildman–Crippen LogP) is 2.51. The van der Waals surface area contributed by atoms with E-state index in [1.54, 1.807) is 0 Å². The Morgan fingerprint density at radius 2 is 1.93 bits per heavy atom. The summed E-state index contributed by atoms with van der Waals surface area (Å²) in [5.41, 5.74) is 2.84. The van der Waals surface area contributed by atoms with Gasteiger partial charge in [0.25, 0.3) is 0 Å². The molecule has 1 aliphatic rings. The highest BCUT2D eigenvalue weighted by molar-refractivity contribution is 6.02. The molecule has 0 fully saturated rings. The van der Waals surface area contributed by atoms with Crippen molar-refractivity contribution >= 4 is 5.78 Å². The topological polar surface area (TPSA) is 26.3 Å².